The molecule has 21 heavy (non-hydrogen) atoms. The number of phenolic OH excluding ortho intramolecular Hbond substituents is 1. The van der Waals surface area contributed by atoms with E-state index in [4.69, 9.17) is 4.52 Å². The predicted molar refractivity (Wildman–Crippen MR) is 81.0 cm³/mol. The normalized spacial score (nSPS) is 20.3. The highest BCUT2D eigenvalue weighted by atomic mass is 16.5. The fourth-order valence-corrected chi connectivity index (χ4v) is 3.10. The summed E-state index contributed by atoms with van der Waals surface area (Å²) in [6.07, 6.45) is 4.76. The molecular weight excluding hydrogens is 264 g/mol. The number of hydrogen-bond acceptors (Lipinski definition) is 4. The van der Waals surface area contributed by atoms with E-state index in [-0.39, 0.29) is 6.04 Å². The van der Waals surface area contributed by atoms with Crippen LogP contribution in [-0.4, -0.2) is 21.7 Å². The lowest BCUT2D eigenvalue weighted by molar-refractivity contribution is 0.182. The van der Waals surface area contributed by atoms with Crippen LogP contribution in [-0.2, 0) is 6.54 Å². The molecule has 1 saturated heterocycles. The van der Waals surface area contributed by atoms with Crippen molar-refractivity contribution < 1.29 is 9.63 Å². The zero-order valence-corrected chi connectivity index (χ0v) is 12.5. The summed E-state index contributed by atoms with van der Waals surface area (Å²) < 4.78 is 5.25. The van der Waals surface area contributed by atoms with Gasteiger partial charge in [0.25, 0.3) is 0 Å². The molecule has 1 aliphatic rings. The molecular formula is C17H22N2O2. The Morgan fingerprint density at radius 3 is 2.90 bits per heavy atom. The lowest BCUT2D eigenvalue weighted by Gasteiger charge is -2.28. The van der Waals surface area contributed by atoms with Gasteiger partial charge in [0, 0.05) is 18.2 Å². The number of hydrogen-bond donors (Lipinski definition) is 1. The Balaban J connectivity index is 1.84. The van der Waals surface area contributed by atoms with E-state index in [1.165, 1.54) is 19.3 Å². The molecule has 4 nitrogen and oxygen atoms in total. The van der Waals surface area contributed by atoms with E-state index in [0.717, 1.165) is 36.5 Å². The van der Waals surface area contributed by atoms with Crippen molar-refractivity contribution in [3.63, 3.8) is 0 Å². The number of aromatic hydroxyl groups is 1. The van der Waals surface area contributed by atoms with Crippen LogP contribution >= 0.6 is 0 Å². The molecule has 112 valence electrons. The molecule has 0 saturated carbocycles. The minimum absolute atomic E-state index is 0.282. The molecule has 0 spiro atoms. The molecule has 0 aliphatic carbocycles. The van der Waals surface area contributed by atoms with Gasteiger partial charge in [-0.05, 0) is 32.4 Å². The van der Waals surface area contributed by atoms with Crippen molar-refractivity contribution in [2.45, 2.75) is 45.2 Å². The molecule has 1 atom stereocenters. The summed E-state index contributed by atoms with van der Waals surface area (Å²) in [5.41, 5.74) is 1.99. The molecule has 1 aromatic carbocycles. The smallest absolute Gasteiger partial charge is 0.133 e. The summed E-state index contributed by atoms with van der Waals surface area (Å²) in [5.74, 6) is 1.23. The van der Waals surface area contributed by atoms with E-state index >= 15 is 0 Å². The molecule has 0 amide bonds. The van der Waals surface area contributed by atoms with Crippen molar-refractivity contribution in [2.24, 2.45) is 0 Å². The molecule has 1 aliphatic heterocycles. The second kappa shape index (κ2) is 6.31. The average molecular weight is 286 g/mol. The van der Waals surface area contributed by atoms with Crippen LogP contribution in [0.3, 0.4) is 0 Å². The van der Waals surface area contributed by atoms with E-state index in [9.17, 15) is 5.11 Å². The van der Waals surface area contributed by atoms with Gasteiger partial charge in [0.05, 0.1) is 6.04 Å². The van der Waals surface area contributed by atoms with Crippen LogP contribution in [0.15, 0.2) is 34.9 Å². The van der Waals surface area contributed by atoms with Gasteiger partial charge in [0.2, 0.25) is 0 Å². The van der Waals surface area contributed by atoms with Gasteiger partial charge in [0.1, 0.15) is 17.2 Å². The van der Waals surface area contributed by atoms with Crippen LogP contribution in [0.1, 0.15) is 48.7 Å². The quantitative estimate of drug-likeness (QED) is 0.932. The Morgan fingerprint density at radius 1 is 1.29 bits per heavy atom. The van der Waals surface area contributed by atoms with E-state index in [2.05, 4.69) is 10.1 Å². The number of rotatable bonds is 3. The number of nitrogens with zero attached hydrogens (tertiary/aromatic N) is 2. The first-order valence-electron chi connectivity index (χ1n) is 7.68. The molecule has 1 N–H and O–H groups in total. The number of likely N-dealkylation sites (tertiary alicyclic amines) is 1. The summed E-state index contributed by atoms with van der Waals surface area (Å²) in [4.78, 5) is 2.42. The minimum Gasteiger partial charge on any atom is -0.508 e. The summed E-state index contributed by atoms with van der Waals surface area (Å²) in [6, 6.07) is 9.90. The Morgan fingerprint density at radius 2 is 2.14 bits per heavy atom. The maximum Gasteiger partial charge on any atom is 0.133 e. The minimum atomic E-state index is 0.282. The first kappa shape index (κ1) is 14.1. The SMILES string of the molecule is Cc1cc([C@H]2CCCCCN2Cc2ccccc2O)no1. The van der Waals surface area contributed by atoms with Crippen molar-refractivity contribution in [3.8, 4) is 5.75 Å². The standard InChI is InChI=1S/C17H22N2O2/c1-13-11-15(18-21-13)16-8-3-2-6-10-19(16)12-14-7-4-5-9-17(14)20/h4-5,7,9,11,16,20H,2-3,6,8,10,12H2,1H3/t16-/m1/s1. The fraction of sp³-hybridized carbons (Fsp3) is 0.471. The highest BCUT2D eigenvalue weighted by Gasteiger charge is 2.25. The Bertz CT molecular complexity index is 594. The maximum atomic E-state index is 10.0. The van der Waals surface area contributed by atoms with Crippen LogP contribution in [0.25, 0.3) is 0 Å². The summed E-state index contributed by atoms with van der Waals surface area (Å²) in [6.45, 7) is 3.72. The van der Waals surface area contributed by atoms with Crippen LogP contribution in [0.4, 0.5) is 0 Å². The van der Waals surface area contributed by atoms with Crippen LogP contribution in [0.5, 0.6) is 5.75 Å². The van der Waals surface area contributed by atoms with E-state index in [1.54, 1.807) is 6.07 Å². The van der Waals surface area contributed by atoms with Gasteiger partial charge in [-0.1, -0.05) is 36.2 Å². The molecule has 0 unspecified atom stereocenters. The Hall–Kier alpha value is -1.81. The third-order valence-corrected chi connectivity index (χ3v) is 4.22. The molecule has 2 aromatic rings. The second-order valence-corrected chi connectivity index (χ2v) is 5.83. The Labute approximate surface area is 125 Å². The number of aryl methyl sites for hydroxylation is 1. The van der Waals surface area contributed by atoms with E-state index in [1.807, 2.05) is 31.2 Å². The van der Waals surface area contributed by atoms with Crippen molar-refractivity contribution in [3.05, 3.63) is 47.3 Å². The zero-order chi connectivity index (χ0) is 14.7. The monoisotopic (exact) mass is 286 g/mol. The number of para-hydroxylation sites is 1. The highest BCUT2D eigenvalue weighted by Crippen LogP contribution is 2.32. The third-order valence-electron chi connectivity index (χ3n) is 4.22. The van der Waals surface area contributed by atoms with Crippen LogP contribution in [0, 0.1) is 6.92 Å². The molecule has 3 rings (SSSR count). The van der Waals surface area contributed by atoms with E-state index in [0.29, 0.717) is 5.75 Å². The number of phenols is 1. The first-order valence-corrected chi connectivity index (χ1v) is 7.68. The van der Waals surface area contributed by atoms with Gasteiger partial charge in [-0.2, -0.15) is 0 Å². The van der Waals surface area contributed by atoms with Gasteiger partial charge < -0.3 is 9.63 Å². The largest absolute Gasteiger partial charge is 0.508 e. The van der Waals surface area contributed by atoms with Crippen LogP contribution in [0.2, 0.25) is 0 Å². The third kappa shape index (κ3) is 3.27. The Kier molecular flexibility index (Phi) is 4.25. The molecule has 0 radical (unpaired) electrons. The summed E-state index contributed by atoms with van der Waals surface area (Å²) in [7, 11) is 0. The fourth-order valence-electron chi connectivity index (χ4n) is 3.10. The maximum absolute atomic E-state index is 10.0. The lowest BCUT2D eigenvalue weighted by atomic mass is 10.1. The molecule has 1 fully saturated rings. The first-order chi connectivity index (χ1) is 10.2. The molecule has 4 heteroatoms. The van der Waals surface area contributed by atoms with Gasteiger partial charge in [0.15, 0.2) is 0 Å². The topological polar surface area (TPSA) is 49.5 Å². The number of aromatic nitrogens is 1. The highest BCUT2D eigenvalue weighted by molar-refractivity contribution is 5.31. The average Bonchev–Trinajstić information content (AvgIpc) is 2.77. The van der Waals surface area contributed by atoms with Gasteiger partial charge in [-0.3, -0.25) is 4.90 Å². The molecule has 0 bridgehead atoms. The van der Waals surface area contributed by atoms with Crippen molar-refractivity contribution >= 4 is 0 Å². The van der Waals surface area contributed by atoms with Crippen molar-refractivity contribution in [1.29, 1.82) is 0 Å². The second-order valence-electron chi connectivity index (χ2n) is 5.83. The van der Waals surface area contributed by atoms with Crippen LogP contribution < -0.4 is 0 Å². The van der Waals surface area contributed by atoms with Crippen molar-refractivity contribution in [1.82, 2.24) is 10.1 Å². The summed E-state index contributed by atoms with van der Waals surface area (Å²) >= 11 is 0. The van der Waals surface area contributed by atoms with Crippen molar-refractivity contribution in [2.75, 3.05) is 6.54 Å². The summed E-state index contributed by atoms with van der Waals surface area (Å²) in [5, 5.41) is 14.2. The number of benzene rings is 1. The predicted octanol–water partition coefficient (Wildman–Crippen LogP) is 3.81. The molecule has 1 aromatic heterocycles. The zero-order valence-electron chi connectivity index (χ0n) is 12.5. The van der Waals surface area contributed by atoms with Gasteiger partial charge in [-0.15, -0.1) is 0 Å². The molecule has 2 heterocycles. The lowest BCUT2D eigenvalue weighted by Crippen LogP contribution is -2.28. The van der Waals surface area contributed by atoms with Gasteiger partial charge >= 0.3 is 0 Å². The van der Waals surface area contributed by atoms with E-state index < -0.39 is 0 Å². The van der Waals surface area contributed by atoms with Gasteiger partial charge in [-0.25, -0.2) is 0 Å².